The Hall–Kier alpha value is -5.68. The number of fused-ring (bicyclic) bond motifs is 7. The summed E-state index contributed by atoms with van der Waals surface area (Å²) in [5.74, 6) is 0. The lowest BCUT2D eigenvalue weighted by molar-refractivity contribution is 0.595. The summed E-state index contributed by atoms with van der Waals surface area (Å²) in [6.07, 6.45) is 0. The maximum Gasteiger partial charge on any atom is 0.0605 e. The number of rotatable bonds is 2. The van der Waals surface area contributed by atoms with Crippen molar-refractivity contribution in [3.63, 3.8) is 0 Å². The van der Waals surface area contributed by atoms with Crippen molar-refractivity contribution < 1.29 is 0 Å². The third kappa shape index (κ3) is 5.25. The van der Waals surface area contributed by atoms with Gasteiger partial charge in [0.15, 0.2) is 0 Å². The van der Waals surface area contributed by atoms with E-state index >= 15 is 0 Å². The van der Waals surface area contributed by atoms with Gasteiger partial charge in [0, 0.05) is 35.8 Å². The fraction of sp³-hybridized carbons (Fsp3) is 0.193. The molecule has 0 unspecified atom stereocenters. The van der Waals surface area contributed by atoms with Gasteiger partial charge in [-0.05, 0) is 126 Å². The Labute approximate surface area is 368 Å². The molecule has 298 valence electrons. The highest BCUT2D eigenvalue weighted by Gasteiger charge is 2.39. The van der Waals surface area contributed by atoms with Crippen molar-refractivity contribution in [3.05, 3.63) is 168 Å². The second-order valence-corrected chi connectivity index (χ2v) is 21.9. The molecule has 0 radical (unpaired) electrons. The Balaban J connectivity index is 1.20. The van der Waals surface area contributed by atoms with Crippen molar-refractivity contribution >= 4 is 90.0 Å². The van der Waals surface area contributed by atoms with E-state index in [1.165, 1.54) is 119 Å². The van der Waals surface area contributed by atoms with Gasteiger partial charge < -0.3 is 9.80 Å². The van der Waals surface area contributed by atoms with Crippen LogP contribution in [0, 0.1) is 0 Å². The molecule has 1 aliphatic carbocycles. The van der Waals surface area contributed by atoms with Crippen LogP contribution in [0.15, 0.2) is 165 Å². The Morgan fingerprint density at radius 1 is 0.377 bits per heavy atom. The fourth-order valence-electron chi connectivity index (χ4n) is 10.7. The minimum atomic E-state index is -0.122. The highest BCUT2D eigenvalue weighted by molar-refractivity contribution is 8.00. The van der Waals surface area contributed by atoms with Crippen LogP contribution >= 0.6 is 23.5 Å². The van der Waals surface area contributed by atoms with Gasteiger partial charge in [-0.1, -0.05) is 164 Å². The molecular weight excluding hydrogens is 777 g/mol. The molecule has 0 saturated carbocycles. The van der Waals surface area contributed by atoms with Crippen LogP contribution in [0.4, 0.5) is 34.1 Å². The van der Waals surface area contributed by atoms with Crippen LogP contribution in [0.5, 0.6) is 0 Å². The Morgan fingerprint density at radius 3 is 1.31 bits per heavy atom. The fourth-order valence-corrected chi connectivity index (χ4v) is 12.9. The minimum absolute atomic E-state index is 0.108. The average Bonchev–Trinajstić information content (AvgIpc) is 3.47. The van der Waals surface area contributed by atoms with E-state index < -0.39 is 0 Å². The third-order valence-electron chi connectivity index (χ3n) is 13.6. The van der Waals surface area contributed by atoms with E-state index in [1.54, 1.807) is 0 Å². The Morgan fingerprint density at radius 2 is 0.803 bits per heavy atom. The summed E-state index contributed by atoms with van der Waals surface area (Å²) in [7, 11) is 0. The van der Waals surface area contributed by atoms with Crippen LogP contribution < -0.4 is 9.80 Å². The lowest BCUT2D eigenvalue weighted by Crippen LogP contribution is -2.20. The van der Waals surface area contributed by atoms with Gasteiger partial charge >= 0.3 is 0 Å². The maximum absolute atomic E-state index is 2.61. The summed E-state index contributed by atoms with van der Waals surface area (Å²) in [6, 6.07) is 55.7. The van der Waals surface area contributed by atoms with E-state index in [9.17, 15) is 0 Å². The lowest BCUT2D eigenvalue weighted by atomic mass is 9.77. The monoisotopic (exact) mass is 824 g/mol. The van der Waals surface area contributed by atoms with E-state index in [0.29, 0.717) is 0 Å². The van der Waals surface area contributed by atoms with Gasteiger partial charge in [0.1, 0.15) is 0 Å². The molecule has 61 heavy (non-hydrogen) atoms. The summed E-state index contributed by atoms with van der Waals surface area (Å²) in [5.41, 5.74) is 15.3. The molecule has 0 N–H and O–H groups in total. The first-order chi connectivity index (χ1) is 29.3. The molecule has 2 heterocycles. The quantitative estimate of drug-likeness (QED) is 0.160. The molecule has 0 aromatic heterocycles. The standard InChI is InChI=1S/C57H48N2S2/c1-55(2,3)40-30-46(58-43-19-11-14-22-49(43)60-50-23-15-12-20-44(50)58)36-27-25-35-41(56(4,5)6)31-47(37-28-26-34(40)53(36)54(35)37)59-45-21-13-16-24-51(45)61-52-29-38-33-17-9-10-18-39(33)57(7,8)42(38)32-48(52)59/h9-32H,1-8H3. The molecule has 2 aliphatic heterocycles. The van der Waals surface area contributed by atoms with Gasteiger partial charge in [-0.2, -0.15) is 0 Å². The van der Waals surface area contributed by atoms with Gasteiger partial charge in [0.25, 0.3) is 0 Å². The molecule has 0 fully saturated rings. The second-order valence-electron chi connectivity index (χ2n) is 19.8. The largest absolute Gasteiger partial charge is 0.308 e. The highest BCUT2D eigenvalue weighted by Crippen LogP contribution is 2.60. The maximum atomic E-state index is 2.61. The number of anilines is 6. The molecule has 9 aromatic rings. The lowest BCUT2D eigenvalue weighted by Gasteiger charge is -2.37. The average molecular weight is 825 g/mol. The molecule has 4 heteroatoms. The molecule has 9 aromatic carbocycles. The number of hydrogen-bond acceptors (Lipinski definition) is 4. The van der Waals surface area contributed by atoms with Crippen LogP contribution in [0.2, 0.25) is 0 Å². The van der Waals surface area contributed by atoms with Crippen molar-refractivity contribution in [1.29, 1.82) is 0 Å². The Bertz CT molecular complexity index is 3280. The zero-order valence-electron chi connectivity index (χ0n) is 36.1. The predicted molar refractivity (Wildman–Crippen MR) is 263 cm³/mol. The zero-order chi connectivity index (χ0) is 41.7. The number of nitrogens with zero attached hydrogens (tertiary/aromatic N) is 2. The van der Waals surface area contributed by atoms with E-state index in [-0.39, 0.29) is 16.2 Å². The third-order valence-corrected chi connectivity index (χ3v) is 15.9. The highest BCUT2D eigenvalue weighted by atomic mass is 32.2. The Kier molecular flexibility index (Phi) is 7.72. The van der Waals surface area contributed by atoms with E-state index in [4.69, 9.17) is 0 Å². The van der Waals surface area contributed by atoms with Crippen LogP contribution in [0.25, 0.3) is 43.4 Å². The first-order valence-electron chi connectivity index (χ1n) is 21.6. The SMILES string of the molecule is CC(C)(C)c1cc(N2c3ccccc3Sc3ccccc32)c2ccc3c(C(C)(C)C)cc(N4c5ccccc5Sc5cc6c(cc54)C(C)(C)c4ccccc4-6)c4ccc1c2c43. The van der Waals surface area contributed by atoms with Crippen molar-refractivity contribution in [2.24, 2.45) is 0 Å². The van der Waals surface area contributed by atoms with E-state index in [1.807, 2.05) is 23.5 Å². The number of para-hydroxylation sites is 3. The molecule has 3 aliphatic rings. The first kappa shape index (κ1) is 37.1. The molecule has 2 nitrogen and oxygen atoms in total. The van der Waals surface area contributed by atoms with Crippen LogP contribution in [0.1, 0.15) is 77.6 Å². The van der Waals surface area contributed by atoms with Crippen molar-refractivity contribution in [2.45, 2.75) is 91.2 Å². The molecule has 0 amide bonds. The summed E-state index contributed by atoms with van der Waals surface area (Å²) in [6.45, 7) is 19.1. The van der Waals surface area contributed by atoms with E-state index in [0.717, 1.165) is 0 Å². The number of benzene rings is 9. The normalized spacial score (nSPS) is 15.1. The van der Waals surface area contributed by atoms with Gasteiger partial charge in [-0.25, -0.2) is 0 Å². The smallest absolute Gasteiger partial charge is 0.0605 e. The van der Waals surface area contributed by atoms with Crippen molar-refractivity contribution in [2.75, 3.05) is 9.80 Å². The molecule has 12 rings (SSSR count). The van der Waals surface area contributed by atoms with Gasteiger partial charge in [0.05, 0.1) is 34.1 Å². The first-order valence-corrected chi connectivity index (χ1v) is 23.2. The molecular formula is C57H48N2S2. The van der Waals surface area contributed by atoms with Crippen molar-refractivity contribution in [3.8, 4) is 11.1 Å². The van der Waals surface area contributed by atoms with Gasteiger partial charge in [0.2, 0.25) is 0 Å². The zero-order valence-corrected chi connectivity index (χ0v) is 37.7. The van der Waals surface area contributed by atoms with Crippen LogP contribution in [0.3, 0.4) is 0 Å². The summed E-state index contributed by atoms with van der Waals surface area (Å²) in [5, 5.41) is 7.93. The van der Waals surface area contributed by atoms with Crippen LogP contribution in [-0.4, -0.2) is 0 Å². The molecule has 0 atom stereocenters. The molecule has 0 spiro atoms. The summed E-state index contributed by atoms with van der Waals surface area (Å²) >= 11 is 3.78. The van der Waals surface area contributed by atoms with Gasteiger partial charge in [-0.3, -0.25) is 0 Å². The summed E-state index contributed by atoms with van der Waals surface area (Å²) in [4.78, 5) is 10.3. The molecule has 0 bridgehead atoms. The van der Waals surface area contributed by atoms with E-state index in [2.05, 4.69) is 211 Å². The molecule has 0 saturated heterocycles. The predicted octanol–water partition coefficient (Wildman–Crippen LogP) is 17.4. The second kappa shape index (κ2) is 12.7. The minimum Gasteiger partial charge on any atom is -0.308 e. The van der Waals surface area contributed by atoms with Gasteiger partial charge in [-0.15, -0.1) is 0 Å². The topological polar surface area (TPSA) is 6.48 Å². The number of hydrogen-bond donors (Lipinski definition) is 0. The van der Waals surface area contributed by atoms with Crippen LogP contribution in [-0.2, 0) is 16.2 Å². The summed E-state index contributed by atoms with van der Waals surface area (Å²) < 4.78 is 0. The van der Waals surface area contributed by atoms with Crippen molar-refractivity contribution in [1.82, 2.24) is 0 Å².